The number of carbonyl (C=O) groups is 3. The lowest BCUT2D eigenvalue weighted by Crippen LogP contribution is -2.52. The van der Waals surface area contributed by atoms with Gasteiger partial charge < -0.3 is 20.2 Å². The summed E-state index contributed by atoms with van der Waals surface area (Å²) < 4.78 is 4.91. The van der Waals surface area contributed by atoms with E-state index in [0.717, 1.165) is 0 Å². The van der Waals surface area contributed by atoms with Gasteiger partial charge in [0.05, 0.1) is 28.4 Å². The van der Waals surface area contributed by atoms with Crippen molar-refractivity contribution in [2.45, 2.75) is 31.4 Å². The molecule has 3 aromatic rings. The molecule has 2 amide bonds. The number of hydrogen-bond acceptors (Lipinski definition) is 6. The van der Waals surface area contributed by atoms with Gasteiger partial charge in [-0.05, 0) is 42.8 Å². The molecule has 2 N–H and O–H groups in total. The highest BCUT2D eigenvalue weighted by molar-refractivity contribution is 6.40. The second-order valence-electron chi connectivity index (χ2n) is 9.02. The fourth-order valence-electron chi connectivity index (χ4n) is 4.02. The summed E-state index contributed by atoms with van der Waals surface area (Å²) in [6.07, 6.45) is 0.303. The van der Waals surface area contributed by atoms with Gasteiger partial charge in [0.15, 0.2) is 0 Å². The van der Waals surface area contributed by atoms with Crippen molar-refractivity contribution in [3.8, 4) is 0 Å². The normalized spacial score (nSPS) is 17.0. The molecule has 11 heteroatoms. The Labute approximate surface area is 240 Å². The van der Waals surface area contributed by atoms with Crippen LogP contribution in [0.2, 0.25) is 15.1 Å². The Balaban J connectivity index is 1.41. The first kappa shape index (κ1) is 28.4. The molecule has 0 spiro atoms. The number of esters is 1. The summed E-state index contributed by atoms with van der Waals surface area (Å²) in [5.74, 6) is -1.60. The second-order valence-corrected chi connectivity index (χ2v) is 10.2. The molecule has 1 heterocycles. The van der Waals surface area contributed by atoms with Gasteiger partial charge in [0.1, 0.15) is 6.04 Å². The molecule has 1 aliphatic heterocycles. The molecule has 1 unspecified atom stereocenters. The molecule has 0 fully saturated rings. The van der Waals surface area contributed by atoms with Gasteiger partial charge >= 0.3 is 5.97 Å². The molecular formula is C28H24Cl3N3O5. The summed E-state index contributed by atoms with van der Waals surface area (Å²) in [6, 6.07) is 17.7. The van der Waals surface area contributed by atoms with Crippen LogP contribution in [0.15, 0.2) is 71.9 Å². The Kier molecular flexibility index (Phi) is 8.80. The average Bonchev–Trinajstić information content (AvgIpc) is 3.32. The summed E-state index contributed by atoms with van der Waals surface area (Å²) in [4.78, 5) is 43.9. The minimum Gasteiger partial charge on any atom is -0.467 e. The number of oxime groups is 1. The maximum absolute atomic E-state index is 13.2. The van der Waals surface area contributed by atoms with Crippen LogP contribution >= 0.6 is 34.8 Å². The zero-order chi connectivity index (χ0) is 28.2. The summed E-state index contributed by atoms with van der Waals surface area (Å²) in [7, 11) is 1.24. The standard InChI is InChI=1S/C28H24Cl3N3O5/c1-28(15-23(34-39-28)18-6-3-4-7-19(18)29)27(37)33-22(26(36)38-2)14-16-10-12-17(13-11-16)32-25(35)24-20(30)8-5-9-21(24)31/h3-13,22H,14-15H2,1-2H3,(H,32,35)(H,33,37)/t22-,28?/m0/s1. The van der Waals surface area contributed by atoms with Gasteiger partial charge in [0.25, 0.3) is 11.8 Å². The van der Waals surface area contributed by atoms with Gasteiger partial charge in [-0.2, -0.15) is 0 Å². The third-order valence-corrected chi connectivity index (χ3v) is 7.12. The van der Waals surface area contributed by atoms with Crippen molar-refractivity contribution in [3.63, 3.8) is 0 Å². The molecule has 0 bridgehead atoms. The number of hydrogen-bond donors (Lipinski definition) is 2. The second kappa shape index (κ2) is 12.1. The Hall–Kier alpha value is -3.59. The minimum absolute atomic E-state index is 0.136. The van der Waals surface area contributed by atoms with Crippen molar-refractivity contribution >= 4 is 64.0 Å². The smallest absolute Gasteiger partial charge is 0.328 e. The van der Waals surface area contributed by atoms with Crippen LogP contribution in [0.5, 0.6) is 0 Å². The number of anilines is 1. The van der Waals surface area contributed by atoms with E-state index in [0.29, 0.717) is 27.5 Å². The van der Waals surface area contributed by atoms with Crippen LogP contribution in [0.25, 0.3) is 0 Å². The maximum atomic E-state index is 13.2. The molecule has 0 saturated heterocycles. The van der Waals surface area contributed by atoms with E-state index in [1.807, 2.05) is 6.07 Å². The lowest BCUT2D eigenvalue weighted by Gasteiger charge is -2.24. The number of methoxy groups -OCH3 is 1. The van der Waals surface area contributed by atoms with E-state index in [-0.39, 0.29) is 28.5 Å². The van der Waals surface area contributed by atoms with E-state index in [4.69, 9.17) is 44.4 Å². The summed E-state index contributed by atoms with van der Waals surface area (Å²) in [6.45, 7) is 1.59. The van der Waals surface area contributed by atoms with Crippen LogP contribution < -0.4 is 10.6 Å². The molecule has 2 atom stereocenters. The first-order valence-electron chi connectivity index (χ1n) is 11.8. The van der Waals surface area contributed by atoms with Crippen molar-refractivity contribution in [1.82, 2.24) is 5.32 Å². The molecule has 1 aliphatic rings. The maximum Gasteiger partial charge on any atom is 0.328 e. The molecule has 0 saturated carbocycles. The van der Waals surface area contributed by atoms with Crippen LogP contribution in [0, 0.1) is 0 Å². The van der Waals surface area contributed by atoms with Gasteiger partial charge in [-0.1, -0.05) is 76.4 Å². The number of nitrogens with one attached hydrogen (secondary N) is 2. The predicted octanol–water partition coefficient (Wildman–Crippen LogP) is 5.68. The average molecular weight is 589 g/mol. The summed E-state index contributed by atoms with van der Waals surface area (Å²) >= 11 is 18.5. The van der Waals surface area contributed by atoms with E-state index in [9.17, 15) is 14.4 Å². The van der Waals surface area contributed by atoms with E-state index in [1.54, 1.807) is 67.6 Å². The number of carbonyl (C=O) groups excluding carboxylic acids is 3. The highest BCUT2D eigenvalue weighted by Crippen LogP contribution is 2.30. The van der Waals surface area contributed by atoms with Gasteiger partial charge in [-0.3, -0.25) is 9.59 Å². The zero-order valence-electron chi connectivity index (χ0n) is 21.0. The topological polar surface area (TPSA) is 106 Å². The molecule has 3 aromatic carbocycles. The molecular weight excluding hydrogens is 565 g/mol. The number of nitrogens with zero attached hydrogens (tertiary/aromatic N) is 1. The molecule has 0 radical (unpaired) electrons. The Morgan fingerprint density at radius 2 is 1.62 bits per heavy atom. The first-order valence-corrected chi connectivity index (χ1v) is 13.0. The molecule has 8 nitrogen and oxygen atoms in total. The Morgan fingerprint density at radius 1 is 0.974 bits per heavy atom. The van der Waals surface area contributed by atoms with Gasteiger partial charge in [0.2, 0.25) is 5.60 Å². The van der Waals surface area contributed by atoms with Crippen molar-refractivity contribution in [2.24, 2.45) is 5.16 Å². The van der Waals surface area contributed by atoms with Crippen molar-refractivity contribution < 1.29 is 24.0 Å². The van der Waals surface area contributed by atoms with Gasteiger partial charge in [-0.25, -0.2) is 4.79 Å². The zero-order valence-corrected chi connectivity index (χ0v) is 23.2. The number of ether oxygens (including phenoxy) is 1. The van der Waals surface area contributed by atoms with Crippen LogP contribution in [0.4, 0.5) is 5.69 Å². The van der Waals surface area contributed by atoms with Crippen LogP contribution in [0.1, 0.15) is 34.8 Å². The highest BCUT2D eigenvalue weighted by Gasteiger charge is 2.44. The number of rotatable bonds is 8. The van der Waals surface area contributed by atoms with Crippen molar-refractivity contribution in [2.75, 3.05) is 12.4 Å². The van der Waals surface area contributed by atoms with Crippen LogP contribution in [-0.4, -0.2) is 42.2 Å². The molecule has 202 valence electrons. The van der Waals surface area contributed by atoms with Crippen molar-refractivity contribution in [1.29, 1.82) is 0 Å². The fraction of sp³-hybridized carbons (Fsp3) is 0.214. The monoisotopic (exact) mass is 587 g/mol. The fourth-order valence-corrected chi connectivity index (χ4v) is 4.83. The van der Waals surface area contributed by atoms with Crippen LogP contribution in [0.3, 0.4) is 0 Å². The largest absolute Gasteiger partial charge is 0.467 e. The predicted molar refractivity (Wildman–Crippen MR) is 151 cm³/mol. The van der Waals surface area contributed by atoms with E-state index >= 15 is 0 Å². The molecule has 0 aliphatic carbocycles. The third-order valence-electron chi connectivity index (χ3n) is 6.16. The van der Waals surface area contributed by atoms with E-state index in [1.165, 1.54) is 7.11 Å². The lowest BCUT2D eigenvalue weighted by molar-refractivity contribution is -0.150. The third kappa shape index (κ3) is 6.53. The van der Waals surface area contributed by atoms with E-state index in [2.05, 4.69) is 15.8 Å². The molecule has 0 aromatic heterocycles. The highest BCUT2D eigenvalue weighted by atomic mass is 35.5. The quantitative estimate of drug-likeness (QED) is 0.329. The number of halogens is 3. The lowest BCUT2D eigenvalue weighted by atomic mass is 9.94. The summed E-state index contributed by atoms with van der Waals surface area (Å²) in [5.41, 5.74) is 1.24. The minimum atomic E-state index is -1.34. The SMILES string of the molecule is COC(=O)[C@H](Cc1ccc(NC(=O)c2c(Cl)cccc2Cl)cc1)NC(=O)C1(C)CC(c2ccccc2Cl)=NO1. The molecule has 4 rings (SSSR count). The van der Waals surface area contributed by atoms with Gasteiger partial charge in [-0.15, -0.1) is 0 Å². The van der Waals surface area contributed by atoms with E-state index < -0.39 is 29.4 Å². The summed E-state index contributed by atoms with van der Waals surface area (Å²) in [5, 5.41) is 10.5. The van der Waals surface area contributed by atoms with Crippen molar-refractivity contribution in [3.05, 3.63) is 98.5 Å². The number of benzene rings is 3. The first-order chi connectivity index (χ1) is 18.6. The van der Waals surface area contributed by atoms with Crippen LogP contribution in [-0.2, 0) is 25.6 Å². The van der Waals surface area contributed by atoms with Gasteiger partial charge in [0, 0.05) is 29.1 Å². The molecule has 39 heavy (non-hydrogen) atoms. The Morgan fingerprint density at radius 3 is 2.26 bits per heavy atom. The number of amides is 2. The Bertz CT molecular complexity index is 1420.